The van der Waals surface area contributed by atoms with Gasteiger partial charge in [0.25, 0.3) is 0 Å². The number of ether oxygens (including phenoxy) is 1. The molecule has 3 nitrogen and oxygen atoms in total. The van der Waals surface area contributed by atoms with Gasteiger partial charge >= 0.3 is 5.97 Å². The molecule has 2 rings (SSSR count). The molecule has 2 aliphatic rings. The molecule has 0 aromatic rings. The van der Waals surface area contributed by atoms with Crippen LogP contribution in [0.4, 0.5) is 0 Å². The lowest BCUT2D eigenvalue weighted by atomic mass is 9.69. The molecule has 1 N–H and O–H groups in total. The third kappa shape index (κ3) is 6.27. The minimum atomic E-state index is -0.674. The number of hydrogen-bond donors (Lipinski definition) is 1. The predicted octanol–water partition coefficient (Wildman–Crippen LogP) is 7.42. The highest BCUT2D eigenvalue weighted by molar-refractivity contribution is 14.1. The zero-order chi connectivity index (χ0) is 22.0. The van der Waals surface area contributed by atoms with E-state index in [0.717, 1.165) is 18.8 Å². The third-order valence-electron chi connectivity index (χ3n) is 7.56. The molecule has 0 bridgehead atoms. The Labute approximate surface area is 232 Å². The van der Waals surface area contributed by atoms with Crippen LogP contribution in [0.3, 0.4) is 0 Å². The van der Waals surface area contributed by atoms with Gasteiger partial charge in [-0.2, -0.15) is 0 Å². The molecule has 2 aliphatic carbocycles. The number of hydrogen-bond acceptors (Lipinski definition) is 2. The number of carboxylic acid groups (broad SMARTS) is 1. The first kappa shape index (κ1) is 27.6. The molecule has 7 heteroatoms. The third-order valence-corrected chi connectivity index (χ3v) is 15.4. The van der Waals surface area contributed by atoms with Gasteiger partial charge in [0.2, 0.25) is 0 Å². The van der Waals surface area contributed by atoms with Crippen LogP contribution >= 0.6 is 90.4 Å². The van der Waals surface area contributed by atoms with Gasteiger partial charge in [0, 0.05) is 22.1 Å². The maximum atomic E-state index is 10.9. The van der Waals surface area contributed by atoms with Gasteiger partial charge in [-0.15, -0.1) is 0 Å². The number of carboxylic acids is 1. The van der Waals surface area contributed by atoms with Crippen LogP contribution in [-0.4, -0.2) is 39.0 Å². The molecule has 8 unspecified atom stereocenters. The number of halogens is 4. The minimum absolute atomic E-state index is 0.275. The summed E-state index contributed by atoms with van der Waals surface area (Å²) in [6.07, 6.45) is 3.94. The molecule has 0 saturated heterocycles. The zero-order valence-corrected chi connectivity index (χ0v) is 26.7. The molecule has 170 valence electrons. The van der Waals surface area contributed by atoms with Crippen LogP contribution < -0.4 is 0 Å². The molecule has 0 radical (unpaired) electrons. The molecule has 0 spiro atoms. The van der Waals surface area contributed by atoms with Crippen molar-refractivity contribution in [3.05, 3.63) is 0 Å². The van der Waals surface area contributed by atoms with Crippen LogP contribution in [-0.2, 0) is 9.53 Å². The summed E-state index contributed by atoms with van der Waals surface area (Å²) >= 11 is 10.6. The van der Waals surface area contributed by atoms with E-state index >= 15 is 0 Å². The molecule has 0 heterocycles. The Kier molecular flexibility index (Phi) is 11.6. The van der Waals surface area contributed by atoms with E-state index in [1.165, 1.54) is 6.42 Å². The normalized spacial score (nSPS) is 48.4. The van der Waals surface area contributed by atoms with E-state index in [4.69, 9.17) is 9.84 Å². The Morgan fingerprint density at radius 2 is 1.28 bits per heavy atom. The van der Waals surface area contributed by atoms with E-state index in [-0.39, 0.29) is 12.5 Å². The summed E-state index contributed by atoms with van der Waals surface area (Å²) in [5.74, 6) is 2.94. The SMILES string of the molecule is CCC1C(I)C(C)C(OC2C(I)C(C)C(CCCC(=O)O)C(C)C2I)C(C)C1I. The zero-order valence-electron chi connectivity index (χ0n) is 18.0. The van der Waals surface area contributed by atoms with Crippen molar-refractivity contribution in [2.24, 2.45) is 35.5 Å². The summed E-state index contributed by atoms with van der Waals surface area (Å²) in [5, 5.41) is 9.01. The van der Waals surface area contributed by atoms with Gasteiger partial charge in [0.1, 0.15) is 0 Å². The van der Waals surface area contributed by atoms with E-state index in [2.05, 4.69) is 125 Å². The fourth-order valence-electron chi connectivity index (χ4n) is 5.57. The second-order valence-corrected chi connectivity index (χ2v) is 15.1. The van der Waals surface area contributed by atoms with Crippen LogP contribution in [0.1, 0.15) is 60.3 Å². The van der Waals surface area contributed by atoms with Gasteiger partial charge in [-0.3, -0.25) is 4.79 Å². The van der Waals surface area contributed by atoms with Crippen molar-refractivity contribution in [1.29, 1.82) is 0 Å². The fourth-order valence-corrected chi connectivity index (χ4v) is 12.2. The van der Waals surface area contributed by atoms with Crippen LogP contribution in [0.25, 0.3) is 0 Å². The molecule has 0 amide bonds. The Morgan fingerprint density at radius 1 is 0.793 bits per heavy atom. The second-order valence-electron chi connectivity index (χ2n) is 9.30. The lowest BCUT2D eigenvalue weighted by Crippen LogP contribution is -2.56. The molecule has 0 aromatic carbocycles. The van der Waals surface area contributed by atoms with Crippen molar-refractivity contribution in [2.45, 2.75) is 88.2 Å². The van der Waals surface area contributed by atoms with Gasteiger partial charge in [-0.25, -0.2) is 0 Å². The van der Waals surface area contributed by atoms with Crippen LogP contribution in [0.2, 0.25) is 0 Å². The quantitative estimate of drug-likeness (QED) is 0.215. The number of aliphatic carboxylic acids is 1. The van der Waals surface area contributed by atoms with E-state index < -0.39 is 5.97 Å². The van der Waals surface area contributed by atoms with Crippen molar-refractivity contribution in [3.63, 3.8) is 0 Å². The first-order valence-electron chi connectivity index (χ1n) is 11.0. The molecular formula is C22H36I4O3. The molecule has 29 heavy (non-hydrogen) atoms. The maximum Gasteiger partial charge on any atom is 0.303 e. The molecule has 0 aromatic heterocycles. The number of alkyl halides is 4. The van der Waals surface area contributed by atoms with Gasteiger partial charge in [-0.05, 0) is 48.3 Å². The van der Waals surface area contributed by atoms with Crippen molar-refractivity contribution < 1.29 is 14.6 Å². The topological polar surface area (TPSA) is 46.5 Å². The van der Waals surface area contributed by atoms with Crippen LogP contribution in [0.5, 0.6) is 0 Å². The van der Waals surface area contributed by atoms with E-state index in [9.17, 15) is 4.79 Å². The second kappa shape index (κ2) is 12.2. The fraction of sp³-hybridized carbons (Fsp3) is 0.955. The van der Waals surface area contributed by atoms with Gasteiger partial charge in [-0.1, -0.05) is 131 Å². The van der Waals surface area contributed by atoms with Crippen LogP contribution in [0.15, 0.2) is 0 Å². The summed E-state index contributed by atoms with van der Waals surface area (Å²) < 4.78 is 9.32. The predicted molar refractivity (Wildman–Crippen MR) is 155 cm³/mol. The van der Waals surface area contributed by atoms with Crippen molar-refractivity contribution in [1.82, 2.24) is 0 Å². The van der Waals surface area contributed by atoms with E-state index in [1.54, 1.807) is 0 Å². The highest BCUT2D eigenvalue weighted by Gasteiger charge is 2.50. The first-order valence-corrected chi connectivity index (χ1v) is 15.9. The van der Waals surface area contributed by atoms with Gasteiger partial charge < -0.3 is 9.84 Å². The monoisotopic (exact) mass is 856 g/mol. The Morgan fingerprint density at radius 3 is 1.69 bits per heavy atom. The molecule has 8 atom stereocenters. The summed E-state index contributed by atoms with van der Waals surface area (Å²) in [6, 6.07) is 0. The molecular weight excluding hydrogens is 820 g/mol. The van der Waals surface area contributed by atoms with Crippen molar-refractivity contribution in [3.8, 4) is 0 Å². The van der Waals surface area contributed by atoms with E-state index in [0.29, 0.717) is 51.4 Å². The van der Waals surface area contributed by atoms with Gasteiger partial charge in [0.15, 0.2) is 0 Å². The highest BCUT2D eigenvalue weighted by Crippen LogP contribution is 2.49. The Bertz CT molecular complexity index is 516. The maximum absolute atomic E-state index is 10.9. The Hall–Kier alpha value is 2.35. The minimum Gasteiger partial charge on any atom is -0.481 e. The summed E-state index contributed by atoms with van der Waals surface area (Å²) in [7, 11) is 0. The van der Waals surface area contributed by atoms with Crippen molar-refractivity contribution in [2.75, 3.05) is 0 Å². The smallest absolute Gasteiger partial charge is 0.303 e. The summed E-state index contributed by atoms with van der Waals surface area (Å²) in [4.78, 5) is 10.9. The summed E-state index contributed by atoms with van der Waals surface area (Å²) in [6.45, 7) is 11.9. The largest absolute Gasteiger partial charge is 0.481 e. The van der Waals surface area contributed by atoms with E-state index in [1.807, 2.05) is 0 Å². The van der Waals surface area contributed by atoms with Gasteiger partial charge in [0.05, 0.1) is 12.2 Å². The lowest BCUT2D eigenvalue weighted by Gasteiger charge is -2.51. The average molecular weight is 856 g/mol. The Balaban J connectivity index is 2.12. The highest BCUT2D eigenvalue weighted by atomic mass is 127. The molecule has 2 saturated carbocycles. The molecule has 2 fully saturated rings. The first-order chi connectivity index (χ1) is 13.5. The lowest BCUT2D eigenvalue weighted by molar-refractivity contribution is -0.137. The molecule has 0 aliphatic heterocycles. The van der Waals surface area contributed by atoms with Crippen molar-refractivity contribution >= 4 is 96.3 Å². The average Bonchev–Trinajstić information content (AvgIpc) is 2.67. The summed E-state index contributed by atoms with van der Waals surface area (Å²) in [5.41, 5.74) is 0. The number of carbonyl (C=O) groups is 1. The number of rotatable bonds is 7. The standard InChI is InChI=1S/C22H36I4O3/c1-6-14-17(23)12(4)21(13(5)18(14)24)29-22-19(25)10(2)15(11(3)20(22)26)8-7-9-16(27)28/h10-15,17-22H,6-9H2,1-5H3,(H,27,28). The van der Waals surface area contributed by atoms with Crippen LogP contribution in [0, 0.1) is 35.5 Å².